The van der Waals surface area contributed by atoms with E-state index in [1.54, 1.807) is 6.07 Å². The Kier molecular flexibility index (Phi) is 3.54. The van der Waals surface area contributed by atoms with Gasteiger partial charge in [0.15, 0.2) is 0 Å². The highest BCUT2D eigenvalue weighted by atomic mass is 16.3. The molecule has 2 aromatic rings. The molecule has 0 unspecified atom stereocenters. The molecule has 0 aliphatic carbocycles. The van der Waals surface area contributed by atoms with E-state index in [2.05, 4.69) is 20.5 Å². The Hall–Kier alpha value is -2.41. The van der Waals surface area contributed by atoms with Gasteiger partial charge in [0.1, 0.15) is 0 Å². The summed E-state index contributed by atoms with van der Waals surface area (Å²) in [5, 5.41) is 17.5. The predicted molar refractivity (Wildman–Crippen MR) is 65.2 cm³/mol. The molecular weight excluding hydrogens is 236 g/mol. The van der Waals surface area contributed by atoms with E-state index >= 15 is 0 Å². The number of anilines is 1. The zero-order valence-corrected chi connectivity index (χ0v) is 9.43. The summed E-state index contributed by atoms with van der Waals surface area (Å²) in [6, 6.07) is 7.28. The van der Waals surface area contributed by atoms with Gasteiger partial charge in [-0.3, -0.25) is 9.78 Å². The molecule has 18 heavy (non-hydrogen) atoms. The first-order valence-electron chi connectivity index (χ1n) is 5.30. The Balaban J connectivity index is 2.11. The van der Waals surface area contributed by atoms with Crippen molar-refractivity contribution >= 4 is 5.82 Å². The van der Waals surface area contributed by atoms with Crippen LogP contribution in [-0.4, -0.2) is 20.3 Å². The van der Waals surface area contributed by atoms with Crippen LogP contribution < -0.4 is 16.6 Å². The molecule has 1 aromatic carbocycles. The quantitative estimate of drug-likeness (QED) is 0.586. The molecule has 7 heteroatoms. The molecule has 0 radical (unpaired) electrons. The Labute approximate surface area is 102 Å². The summed E-state index contributed by atoms with van der Waals surface area (Å²) in [6.07, 6.45) is 0. The second kappa shape index (κ2) is 5.28. The minimum atomic E-state index is -0.646. The molecular formula is C11H12N4O3. The SMILES string of the molecule is O=c1[nH]nc(NCc2cccc(CO)c2)c(=O)[nH]1. The molecule has 4 N–H and O–H groups in total. The molecule has 0 saturated carbocycles. The van der Waals surface area contributed by atoms with E-state index in [4.69, 9.17) is 5.11 Å². The zero-order chi connectivity index (χ0) is 13.0. The Morgan fingerprint density at radius 1 is 1.28 bits per heavy atom. The first kappa shape index (κ1) is 12.1. The predicted octanol–water partition coefficient (Wildman–Crippen LogP) is -0.437. The van der Waals surface area contributed by atoms with Gasteiger partial charge in [-0.25, -0.2) is 9.89 Å². The molecule has 0 saturated heterocycles. The van der Waals surface area contributed by atoms with Crippen molar-refractivity contribution in [3.05, 3.63) is 56.2 Å². The van der Waals surface area contributed by atoms with Crippen molar-refractivity contribution in [3.8, 4) is 0 Å². The van der Waals surface area contributed by atoms with Gasteiger partial charge in [-0.1, -0.05) is 24.3 Å². The molecule has 0 bridgehead atoms. The second-order valence-electron chi connectivity index (χ2n) is 3.69. The van der Waals surface area contributed by atoms with E-state index in [-0.39, 0.29) is 12.4 Å². The van der Waals surface area contributed by atoms with Crippen LogP contribution in [0.4, 0.5) is 5.82 Å². The minimum Gasteiger partial charge on any atom is -0.392 e. The highest BCUT2D eigenvalue weighted by Crippen LogP contribution is 2.06. The average molecular weight is 248 g/mol. The summed E-state index contributed by atoms with van der Waals surface area (Å²) < 4.78 is 0. The van der Waals surface area contributed by atoms with Crippen LogP contribution in [0.15, 0.2) is 33.9 Å². The maximum Gasteiger partial charge on any atom is 0.342 e. The van der Waals surface area contributed by atoms with Crippen molar-refractivity contribution in [2.45, 2.75) is 13.2 Å². The summed E-state index contributed by atoms with van der Waals surface area (Å²) in [7, 11) is 0. The summed E-state index contributed by atoms with van der Waals surface area (Å²) in [5.41, 5.74) is 0.469. The van der Waals surface area contributed by atoms with Crippen LogP contribution in [0, 0.1) is 0 Å². The van der Waals surface area contributed by atoms with Crippen molar-refractivity contribution in [2.24, 2.45) is 0 Å². The fourth-order valence-corrected chi connectivity index (χ4v) is 1.49. The van der Waals surface area contributed by atoms with Crippen LogP contribution in [0.1, 0.15) is 11.1 Å². The van der Waals surface area contributed by atoms with E-state index in [1.807, 2.05) is 18.2 Å². The molecule has 2 rings (SSSR count). The number of hydrogen-bond acceptors (Lipinski definition) is 5. The Bertz CT molecular complexity index is 647. The van der Waals surface area contributed by atoms with Crippen LogP contribution in [0.5, 0.6) is 0 Å². The number of aromatic amines is 2. The number of nitrogens with one attached hydrogen (secondary N) is 3. The highest BCUT2D eigenvalue weighted by molar-refractivity contribution is 5.32. The maximum atomic E-state index is 11.3. The third kappa shape index (κ3) is 2.83. The topological polar surface area (TPSA) is 111 Å². The van der Waals surface area contributed by atoms with Gasteiger partial charge in [0.05, 0.1) is 6.61 Å². The summed E-state index contributed by atoms with van der Waals surface area (Å²) in [5.74, 6) is 0.0454. The molecule has 0 atom stereocenters. The van der Waals surface area contributed by atoms with Crippen molar-refractivity contribution in [2.75, 3.05) is 5.32 Å². The third-order valence-electron chi connectivity index (χ3n) is 2.35. The van der Waals surface area contributed by atoms with Gasteiger partial charge in [0, 0.05) is 6.54 Å². The van der Waals surface area contributed by atoms with Gasteiger partial charge in [-0.05, 0) is 11.1 Å². The number of benzene rings is 1. The van der Waals surface area contributed by atoms with Crippen LogP contribution in [-0.2, 0) is 13.2 Å². The van der Waals surface area contributed by atoms with Gasteiger partial charge < -0.3 is 10.4 Å². The summed E-state index contributed by atoms with van der Waals surface area (Å²) in [4.78, 5) is 24.2. The van der Waals surface area contributed by atoms with E-state index < -0.39 is 11.2 Å². The first-order chi connectivity index (χ1) is 8.69. The fraction of sp³-hybridized carbons (Fsp3) is 0.182. The van der Waals surface area contributed by atoms with Crippen LogP contribution in [0.2, 0.25) is 0 Å². The number of hydrogen-bond donors (Lipinski definition) is 4. The minimum absolute atomic E-state index is 0.0364. The molecule has 0 spiro atoms. The lowest BCUT2D eigenvalue weighted by molar-refractivity contribution is 0.281. The van der Waals surface area contributed by atoms with Crippen LogP contribution >= 0.6 is 0 Å². The van der Waals surface area contributed by atoms with Crippen molar-refractivity contribution in [3.63, 3.8) is 0 Å². The first-order valence-corrected chi connectivity index (χ1v) is 5.30. The van der Waals surface area contributed by atoms with E-state index in [9.17, 15) is 9.59 Å². The lowest BCUT2D eigenvalue weighted by atomic mass is 10.1. The number of H-pyrrole nitrogens is 2. The largest absolute Gasteiger partial charge is 0.392 e. The highest BCUT2D eigenvalue weighted by Gasteiger charge is 2.01. The molecule has 0 fully saturated rings. The molecule has 1 aromatic heterocycles. The lowest BCUT2D eigenvalue weighted by Gasteiger charge is -2.05. The smallest absolute Gasteiger partial charge is 0.342 e. The third-order valence-corrected chi connectivity index (χ3v) is 2.35. The maximum absolute atomic E-state index is 11.3. The van der Waals surface area contributed by atoms with Gasteiger partial charge in [-0.2, -0.15) is 0 Å². The van der Waals surface area contributed by atoms with Crippen molar-refractivity contribution < 1.29 is 5.11 Å². The van der Waals surface area contributed by atoms with Crippen molar-refractivity contribution in [1.29, 1.82) is 0 Å². The van der Waals surface area contributed by atoms with Gasteiger partial charge >= 0.3 is 5.69 Å². The van der Waals surface area contributed by atoms with Crippen molar-refractivity contribution in [1.82, 2.24) is 15.2 Å². The van der Waals surface area contributed by atoms with Crippen LogP contribution in [0.25, 0.3) is 0 Å². The molecule has 7 nitrogen and oxygen atoms in total. The molecule has 0 aliphatic heterocycles. The molecule has 0 aliphatic rings. The normalized spacial score (nSPS) is 10.3. The lowest BCUT2D eigenvalue weighted by Crippen LogP contribution is -2.26. The second-order valence-corrected chi connectivity index (χ2v) is 3.69. The van der Waals surface area contributed by atoms with Gasteiger partial charge in [0.25, 0.3) is 5.56 Å². The number of rotatable bonds is 4. The number of aromatic nitrogens is 3. The van der Waals surface area contributed by atoms with E-state index in [0.29, 0.717) is 6.54 Å². The molecule has 94 valence electrons. The standard InChI is InChI=1S/C11H12N4O3/c16-6-8-3-1-2-7(4-8)5-12-9-10(17)13-11(18)15-14-9/h1-4,16H,5-6H2,(H,12,14)(H2,13,15,17,18). The average Bonchev–Trinajstić information content (AvgIpc) is 2.38. The van der Waals surface area contributed by atoms with Crippen LogP contribution in [0.3, 0.4) is 0 Å². The zero-order valence-electron chi connectivity index (χ0n) is 9.43. The number of nitrogens with zero attached hydrogens (tertiary/aromatic N) is 1. The van der Waals surface area contributed by atoms with E-state index in [1.165, 1.54) is 0 Å². The summed E-state index contributed by atoms with van der Waals surface area (Å²) >= 11 is 0. The summed E-state index contributed by atoms with van der Waals surface area (Å²) in [6.45, 7) is 0.335. The number of aliphatic hydroxyl groups excluding tert-OH is 1. The fourth-order valence-electron chi connectivity index (χ4n) is 1.49. The van der Waals surface area contributed by atoms with E-state index in [0.717, 1.165) is 11.1 Å². The van der Waals surface area contributed by atoms with Gasteiger partial charge in [-0.15, -0.1) is 5.10 Å². The monoisotopic (exact) mass is 248 g/mol. The van der Waals surface area contributed by atoms with Gasteiger partial charge in [0.2, 0.25) is 5.82 Å². The Morgan fingerprint density at radius 3 is 2.78 bits per heavy atom. The molecule has 1 heterocycles. The number of aliphatic hydroxyl groups is 1. The molecule has 0 amide bonds. The Morgan fingerprint density at radius 2 is 2.06 bits per heavy atom.